The number of ether oxygens (including phenoxy) is 2. The Balaban J connectivity index is 1.65. The van der Waals surface area contributed by atoms with Gasteiger partial charge in [-0.25, -0.2) is 4.98 Å². The van der Waals surface area contributed by atoms with Crippen LogP contribution in [0.15, 0.2) is 58.5 Å². The second kappa shape index (κ2) is 9.26. The molecule has 1 aliphatic rings. The molecule has 0 unspecified atom stereocenters. The van der Waals surface area contributed by atoms with Crippen LogP contribution >= 0.6 is 11.8 Å². The van der Waals surface area contributed by atoms with Crippen molar-refractivity contribution in [1.82, 2.24) is 9.97 Å². The average molecular weight is 438 g/mol. The summed E-state index contributed by atoms with van der Waals surface area (Å²) < 4.78 is 11.5. The van der Waals surface area contributed by atoms with Gasteiger partial charge in [-0.15, -0.1) is 0 Å². The van der Waals surface area contributed by atoms with Crippen LogP contribution < -0.4 is 20.3 Å². The first kappa shape index (κ1) is 21.0. The van der Waals surface area contributed by atoms with Gasteiger partial charge in [-0.1, -0.05) is 55.1 Å². The fourth-order valence-corrected chi connectivity index (χ4v) is 4.19. The van der Waals surface area contributed by atoms with Gasteiger partial charge < -0.3 is 19.8 Å². The van der Waals surface area contributed by atoms with Crippen molar-refractivity contribution in [1.29, 1.82) is 0 Å². The topological polar surface area (TPSA) is 93.3 Å². The molecule has 0 radical (unpaired) electrons. The minimum absolute atomic E-state index is 0.158. The van der Waals surface area contributed by atoms with Crippen LogP contribution in [-0.4, -0.2) is 28.7 Å². The number of rotatable bonds is 7. The van der Waals surface area contributed by atoms with Crippen molar-refractivity contribution in [3.05, 3.63) is 75.6 Å². The van der Waals surface area contributed by atoms with Crippen LogP contribution in [0, 0.1) is 0 Å². The lowest BCUT2D eigenvalue weighted by molar-refractivity contribution is -0.116. The summed E-state index contributed by atoms with van der Waals surface area (Å²) in [5.74, 6) is 1.63. The van der Waals surface area contributed by atoms with Gasteiger partial charge in [0.05, 0.1) is 12.7 Å². The maximum absolute atomic E-state index is 12.8. The number of carbonyl (C=O) groups is 1. The molecule has 160 valence electrons. The maximum atomic E-state index is 12.8. The molecule has 1 atom stereocenters. The summed E-state index contributed by atoms with van der Waals surface area (Å²) >= 11 is 1.42. The summed E-state index contributed by atoms with van der Waals surface area (Å²) in [5.41, 5.74) is 2.06. The van der Waals surface area contributed by atoms with Gasteiger partial charge in [0, 0.05) is 12.3 Å². The molecule has 1 amide bonds. The van der Waals surface area contributed by atoms with Crippen LogP contribution in [0.1, 0.15) is 36.0 Å². The number of aromatic amines is 1. The second-order valence-corrected chi connectivity index (χ2v) is 8.31. The Kier molecular flexibility index (Phi) is 6.27. The van der Waals surface area contributed by atoms with Gasteiger partial charge in [0.1, 0.15) is 12.4 Å². The summed E-state index contributed by atoms with van der Waals surface area (Å²) in [6.45, 7) is 2.38. The van der Waals surface area contributed by atoms with Crippen molar-refractivity contribution >= 4 is 23.5 Å². The molecule has 2 heterocycles. The molecule has 0 spiro atoms. The van der Waals surface area contributed by atoms with E-state index in [0.717, 1.165) is 16.9 Å². The van der Waals surface area contributed by atoms with Crippen LogP contribution in [0.3, 0.4) is 0 Å². The highest BCUT2D eigenvalue weighted by Gasteiger charge is 2.31. The number of nitrogens with one attached hydrogen (secondary N) is 2. The smallest absolute Gasteiger partial charge is 0.257 e. The van der Waals surface area contributed by atoms with E-state index in [0.29, 0.717) is 34.6 Å². The lowest BCUT2D eigenvalue weighted by Crippen LogP contribution is -2.31. The molecule has 1 aliphatic heterocycles. The molecular formula is C23H23N3O4S. The molecule has 3 aromatic rings. The number of methoxy groups -OCH3 is 1. The van der Waals surface area contributed by atoms with Crippen molar-refractivity contribution in [3.8, 4) is 11.5 Å². The molecule has 8 heteroatoms. The summed E-state index contributed by atoms with van der Waals surface area (Å²) in [6.07, 6.45) is 0.158. The van der Waals surface area contributed by atoms with Gasteiger partial charge in [-0.3, -0.25) is 9.59 Å². The minimum Gasteiger partial charge on any atom is -0.493 e. The van der Waals surface area contributed by atoms with Crippen molar-refractivity contribution in [2.45, 2.75) is 31.0 Å². The van der Waals surface area contributed by atoms with E-state index in [-0.39, 0.29) is 17.9 Å². The summed E-state index contributed by atoms with van der Waals surface area (Å²) in [6, 6.07) is 15.3. The molecule has 0 aliphatic carbocycles. The molecular weight excluding hydrogens is 414 g/mol. The van der Waals surface area contributed by atoms with E-state index in [2.05, 4.69) is 15.3 Å². The van der Waals surface area contributed by atoms with Gasteiger partial charge >= 0.3 is 0 Å². The lowest BCUT2D eigenvalue weighted by Gasteiger charge is -2.25. The Labute approximate surface area is 184 Å². The summed E-state index contributed by atoms with van der Waals surface area (Å²) in [4.78, 5) is 32.4. The van der Waals surface area contributed by atoms with Crippen LogP contribution in [0.25, 0.3) is 0 Å². The molecule has 0 fully saturated rings. The Morgan fingerprint density at radius 2 is 1.94 bits per heavy atom. The number of H-pyrrole nitrogens is 1. The summed E-state index contributed by atoms with van der Waals surface area (Å²) in [7, 11) is 1.57. The second-order valence-electron chi connectivity index (χ2n) is 7.06. The van der Waals surface area contributed by atoms with E-state index in [9.17, 15) is 9.59 Å². The highest BCUT2D eigenvalue weighted by Crippen LogP contribution is 2.38. The average Bonchev–Trinajstić information content (AvgIpc) is 2.77. The van der Waals surface area contributed by atoms with E-state index in [4.69, 9.17) is 9.47 Å². The Bertz CT molecular complexity index is 1150. The molecule has 1 aromatic heterocycles. The number of hydrogen-bond donors (Lipinski definition) is 2. The zero-order valence-corrected chi connectivity index (χ0v) is 18.1. The van der Waals surface area contributed by atoms with Gasteiger partial charge in [0.2, 0.25) is 5.91 Å². The third kappa shape index (κ3) is 4.59. The van der Waals surface area contributed by atoms with E-state index >= 15 is 0 Å². The number of amides is 1. The number of fused-ring (bicyclic) bond motifs is 1. The zero-order chi connectivity index (χ0) is 21.8. The first-order valence-corrected chi connectivity index (χ1v) is 11.0. The summed E-state index contributed by atoms with van der Waals surface area (Å²) in [5, 5.41) is 3.23. The molecule has 0 saturated carbocycles. The number of carbonyl (C=O) groups excluding carboxylic acids is 1. The van der Waals surface area contributed by atoms with Gasteiger partial charge in [0.15, 0.2) is 16.7 Å². The van der Waals surface area contributed by atoms with Gasteiger partial charge in [0.25, 0.3) is 5.56 Å². The van der Waals surface area contributed by atoms with Crippen LogP contribution in [-0.2, 0) is 11.4 Å². The third-order valence-corrected chi connectivity index (χ3v) is 5.79. The highest BCUT2D eigenvalue weighted by atomic mass is 32.2. The van der Waals surface area contributed by atoms with Crippen molar-refractivity contribution < 1.29 is 14.3 Å². The Morgan fingerprint density at radius 1 is 1.13 bits per heavy atom. The van der Waals surface area contributed by atoms with Crippen molar-refractivity contribution in [3.63, 3.8) is 0 Å². The largest absolute Gasteiger partial charge is 0.493 e. The number of anilines is 1. The molecule has 2 aromatic carbocycles. The van der Waals surface area contributed by atoms with Crippen LogP contribution in [0.5, 0.6) is 11.5 Å². The number of benzene rings is 2. The SMILES string of the molecule is CCSc1nc2c(c(=O)[nH]1)[C@@H](c1ccc(OCc3ccccc3)c(OC)c1)CC(=O)N2. The molecule has 4 rings (SSSR count). The van der Waals surface area contributed by atoms with Crippen molar-refractivity contribution in [2.75, 3.05) is 18.2 Å². The predicted molar refractivity (Wildman–Crippen MR) is 120 cm³/mol. The molecule has 0 saturated heterocycles. The molecule has 31 heavy (non-hydrogen) atoms. The third-order valence-electron chi connectivity index (χ3n) is 5.04. The maximum Gasteiger partial charge on any atom is 0.257 e. The van der Waals surface area contributed by atoms with Gasteiger partial charge in [-0.05, 0) is 29.0 Å². The van der Waals surface area contributed by atoms with E-state index in [1.807, 2.05) is 55.5 Å². The monoisotopic (exact) mass is 437 g/mol. The Morgan fingerprint density at radius 3 is 2.68 bits per heavy atom. The van der Waals surface area contributed by atoms with Gasteiger partial charge in [-0.2, -0.15) is 0 Å². The fraction of sp³-hybridized carbons (Fsp3) is 0.261. The predicted octanol–water partition coefficient (Wildman–Crippen LogP) is 3.94. The first-order valence-electron chi connectivity index (χ1n) is 10.0. The number of aromatic nitrogens is 2. The van der Waals surface area contributed by atoms with Crippen LogP contribution in [0.4, 0.5) is 5.82 Å². The first-order chi connectivity index (χ1) is 15.1. The number of thioether (sulfide) groups is 1. The number of nitrogens with zero attached hydrogens (tertiary/aromatic N) is 1. The van der Waals surface area contributed by atoms with E-state index < -0.39 is 5.92 Å². The van der Waals surface area contributed by atoms with E-state index in [1.165, 1.54) is 11.8 Å². The Hall–Kier alpha value is -3.26. The van der Waals surface area contributed by atoms with E-state index in [1.54, 1.807) is 7.11 Å². The standard InChI is InChI=1S/C23H23N3O4S/c1-3-31-23-25-21-20(22(28)26-23)16(12-19(27)24-21)15-9-10-17(18(11-15)29-2)30-13-14-7-5-4-6-8-14/h4-11,16H,3,12-13H2,1-2H3,(H2,24,25,26,27,28)/t16-/m1/s1. The van der Waals surface area contributed by atoms with Crippen LogP contribution in [0.2, 0.25) is 0 Å². The molecule has 2 N–H and O–H groups in total. The molecule has 0 bridgehead atoms. The molecule has 7 nitrogen and oxygen atoms in total. The fourth-order valence-electron chi connectivity index (χ4n) is 3.60. The quantitative estimate of drug-likeness (QED) is 0.430. The normalized spacial score (nSPS) is 15.2. The lowest BCUT2D eigenvalue weighted by atomic mass is 9.86. The minimum atomic E-state index is -0.419. The van der Waals surface area contributed by atoms with Crippen molar-refractivity contribution in [2.24, 2.45) is 0 Å². The highest BCUT2D eigenvalue weighted by molar-refractivity contribution is 7.99. The number of hydrogen-bond acceptors (Lipinski definition) is 6. The zero-order valence-electron chi connectivity index (χ0n) is 17.3.